The van der Waals surface area contributed by atoms with Crippen molar-refractivity contribution >= 4 is 16.8 Å². The number of aromatic nitrogens is 3. The average Bonchev–Trinajstić information content (AvgIpc) is 3.02. The molecule has 3 rings (SSSR count). The first-order valence-corrected chi connectivity index (χ1v) is 8.35. The van der Waals surface area contributed by atoms with Gasteiger partial charge in [0.25, 0.3) is 5.91 Å². The quantitative estimate of drug-likeness (QED) is 0.790. The van der Waals surface area contributed by atoms with Crippen LogP contribution in [-0.2, 0) is 7.05 Å². The predicted octanol–water partition coefficient (Wildman–Crippen LogP) is 3.43. The maximum absolute atomic E-state index is 13.5. The van der Waals surface area contributed by atoms with E-state index in [1.807, 2.05) is 50.1 Å². The van der Waals surface area contributed by atoms with Crippen molar-refractivity contribution in [2.24, 2.45) is 7.05 Å². The van der Waals surface area contributed by atoms with Gasteiger partial charge in [0.2, 0.25) is 0 Å². The molecule has 6 heteroatoms. The number of aryl methyl sites for hydroxylation is 4. The Morgan fingerprint density at radius 3 is 2.64 bits per heavy atom. The lowest BCUT2D eigenvalue weighted by atomic mass is 10.1. The summed E-state index contributed by atoms with van der Waals surface area (Å²) in [6.07, 6.45) is 0. The van der Waals surface area contributed by atoms with Crippen LogP contribution in [0.1, 0.15) is 40.4 Å². The number of benzene rings is 1. The monoisotopic (exact) mass is 342 g/mol. The summed E-state index contributed by atoms with van der Waals surface area (Å²) < 4.78 is 17.2. The number of amides is 1. The molecule has 25 heavy (non-hydrogen) atoms. The number of carbonyl (C=O) groups excluding carboxylic acids is 1. The fraction of sp³-hybridized carbons (Fsp3) is 0.368. The van der Waals surface area contributed by atoms with Crippen LogP contribution in [-0.4, -0.2) is 26.8 Å². The molecule has 0 radical (unpaired) electrons. The van der Waals surface area contributed by atoms with Crippen LogP contribution in [0, 0.1) is 26.6 Å². The fourth-order valence-corrected chi connectivity index (χ4v) is 3.43. The molecule has 0 aliphatic carbocycles. The van der Waals surface area contributed by atoms with E-state index >= 15 is 0 Å². The Hall–Kier alpha value is -2.63. The van der Waals surface area contributed by atoms with E-state index in [-0.39, 0.29) is 17.8 Å². The second-order valence-electron chi connectivity index (χ2n) is 6.62. The zero-order chi connectivity index (χ0) is 18.3. The Morgan fingerprint density at radius 2 is 2.00 bits per heavy atom. The van der Waals surface area contributed by atoms with Crippen LogP contribution in [0.3, 0.4) is 0 Å². The Morgan fingerprint density at radius 1 is 1.28 bits per heavy atom. The van der Waals surface area contributed by atoms with Crippen LogP contribution in [0.4, 0.5) is 4.39 Å². The number of fused-ring (bicyclic) bond motifs is 1. The lowest BCUT2D eigenvalue weighted by Gasteiger charge is -2.16. The van der Waals surface area contributed by atoms with Crippen LogP contribution in [0.25, 0.3) is 10.9 Å². The van der Waals surface area contributed by atoms with Crippen molar-refractivity contribution in [3.8, 4) is 0 Å². The van der Waals surface area contributed by atoms with Gasteiger partial charge in [-0.3, -0.25) is 9.48 Å². The third kappa shape index (κ3) is 3.04. The first-order valence-electron chi connectivity index (χ1n) is 8.35. The van der Waals surface area contributed by atoms with E-state index in [4.69, 9.17) is 0 Å². The molecule has 1 amide bonds. The topological polar surface area (TPSA) is 51.9 Å². The second kappa shape index (κ2) is 6.35. The largest absolute Gasteiger partial charge is 0.349 e. The van der Waals surface area contributed by atoms with E-state index in [2.05, 4.69) is 10.4 Å². The smallest absolute Gasteiger partial charge is 0.268 e. The van der Waals surface area contributed by atoms with Gasteiger partial charge in [-0.15, -0.1) is 0 Å². The molecule has 0 saturated heterocycles. The lowest BCUT2D eigenvalue weighted by Crippen LogP contribution is -2.31. The first kappa shape index (κ1) is 17.2. The maximum Gasteiger partial charge on any atom is 0.268 e. The summed E-state index contributed by atoms with van der Waals surface area (Å²) in [5.74, 6) is -0.462. The third-order valence-corrected chi connectivity index (χ3v) is 4.65. The fourth-order valence-electron chi connectivity index (χ4n) is 3.43. The summed E-state index contributed by atoms with van der Waals surface area (Å²) >= 11 is 0. The van der Waals surface area contributed by atoms with Crippen molar-refractivity contribution in [2.75, 3.05) is 6.54 Å². The van der Waals surface area contributed by atoms with E-state index in [0.29, 0.717) is 12.2 Å². The normalized spacial score (nSPS) is 12.6. The van der Waals surface area contributed by atoms with Gasteiger partial charge in [0, 0.05) is 30.2 Å². The number of nitrogens with zero attached hydrogens (tertiary/aromatic N) is 3. The number of rotatable bonds is 4. The zero-order valence-corrected chi connectivity index (χ0v) is 15.2. The SMILES string of the molecule is Cc1cc(C)n([C@@H](C)CNC(=O)c2c(C)c3cc(F)ccc3n2C)n1. The number of halogens is 1. The minimum absolute atomic E-state index is 0.0464. The number of nitrogens with one attached hydrogen (secondary N) is 1. The van der Waals surface area contributed by atoms with E-state index in [0.717, 1.165) is 27.9 Å². The van der Waals surface area contributed by atoms with Gasteiger partial charge in [-0.2, -0.15) is 5.10 Å². The van der Waals surface area contributed by atoms with Gasteiger partial charge in [-0.05, 0) is 57.5 Å². The van der Waals surface area contributed by atoms with Crippen LogP contribution in [0.15, 0.2) is 24.3 Å². The Kier molecular flexibility index (Phi) is 4.37. The van der Waals surface area contributed by atoms with Crippen molar-refractivity contribution in [2.45, 2.75) is 33.7 Å². The van der Waals surface area contributed by atoms with E-state index in [1.165, 1.54) is 12.1 Å². The van der Waals surface area contributed by atoms with Gasteiger partial charge >= 0.3 is 0 Å². The van der Waals surface area contributed by atoms with Crippen molar-refractivity contribution in [1.82, 2.24) is 19.7 Å². The molecular weight excluding hydrogens is 319 g/mol. The molecular formula is C19H23FN4O. The molecule has 1 N–H and O–H groups in total. The molecule has 5 nitrogen and oxygen atoms in total. The van der Waals surface area contributed by atoms with Crippen molar-refractivity contribution in [1.29, 1.82) is 0 Å². The molecule has 0 spiro atoms. The Bertz CT molecular complexity index is 954. The maximum atomic E-state index is 13.5. The molecule has 0 fully saturated rings. The molecule has 3 aromatic rings. The van der Waals surface area contributed by atoms with Crippen molar-refractivity contribution in [3.05, 3.63) is 52.7 Å². The van der Waals surface area contributed by atoms with Crippen molar-refractivity contribution < 1.29 is 9.18 Å². The summed E-state index contributed by atoms with van der Waals surface area (Å²) in [7, 11) is 1.83. The van der Waals surface area contributed by atoms with E-state index in [9.17, 15) is 9.18 Å². The molecule has 1 atom stereocenters. The molecule has 2 heterocycles. The van der Waals surface area contributed by atoms with Gasteiger partial charge in [0.05, 0.1) is 11.7 Å². The molecule has 0 aliphatic rings. The molecule has 2 aromatic heterocycles. The minimum atomic E-state index is -0.300. The van der Waals surface area contributed by atoms with Gasteiger partial charge < -0.3 is 9.88 Å². The lowest BCUT2D eigenvalue weighted by molar-refractivity contribution is 0.0939. The highest BCUT2D eigenvalue weighted by Crippen LogP contribution is 2.25. The Labute approximate surface area is 146 Å². The number of hydrogen-bond acceptors (Lipinski definition) is 2. The van der Waals surface area contributed by atoms with Crippen LogP contribution in [0.5, 0.6) is 0 Å². The second-order valence-corrected chi connectivity index (χ2v) is 6.62. The van der Waals surface area contributed by atoms with E-state index < -0.39 is 0 Å². The first-order chi connectivity index (χ1) is 11.8. The van der Waals surface area contributed by atoms with Crippen LogP contribution in [0.2, 0.25) is 0 Å². The number of hydrogen-bond donors (Lipinski definition) is 1. The summed E-state index contributed by atoms with van der Waals surface area (Å²) in [6.45, 7) is 8.29. The van der Waals surface area contributed by atoms with Crippen LogP contribution >= 0.6 is 0 Å². The standard InChI is InChI=1S/C19H23FN4O/c1-11-8-12(2)24(22-11)13(3)10-21-19(25)18-14(4)16-9-15(20)6-7-17(16)23(18)5/h6-9,13H,10H2,1-5H3,(H,21,25)/t13-/m0/s1. The summed E-state index contributed by atoms with van der Waals surface area (Å²) in [4.78, 5) is 12.7. The highest BCUT2D eigenvalue weighted by molar-refractivity contribution is 6.01. The molecule has 0 bridgehead atoms. The average molecular weight is 342 g/mol. The van der Waals surface area contributed by atoms with Gasteiger partial charge in [-0.25, -0.2) is 4.39 Å². The van der Waals surface area contributed by atoms with Crippen LogP contribution < -0.4 is 5.32 Å². The highest BCUT2D eigenvalue weighted by Gasteiger charge is 2.19. The minimum Gasteiger partial charge on any atom is -0.349 e. The molecule has 132 valence electrons. The summed E-state index contributed by atoms with van der Waals surface area (Å²) in [6, 6.07) is 6.65. The zero-order valence-electron chi connectivity index (χ0n) is 15.2. The van der Waals surface area contributed by atoms with Gasteiger partial charge in [-0.1, -0.05) is 0 Å². The summed E-state index contributed by atoms with van der Waals surface area (Å²) in [5, 5.41) is 8.20. The Balaban J connectivity index is 1.82. The predicted molar refractivity (Wildman–Crippen MR) is 96.4 cm³/mol. The molecule has 0 saturated carbocycles. The highest BCUT2D eigenvalue weighted by atomic mass is 19.1. The molecule has 0 unspecified atom stereocenters. The van der Waals surface area contributed by atoms with E-state index in [1.54, 1.807) is 6.07 Å². The molecule has 0 aliphatic heterocycles. The third-order valence-electron chi connectivity index (χ3n) is 4.65. The van der Waals surface area contributed by atoms with Crippen molar-refractivity contribution in [3.63, 3.8) is 0 Å². The summed E-state index contributed by atoms with van der Waals surface area (Å²) in [5.41, 5.74) is 4.21. The van der Waals surface area contributed by atoms with Gasteiger partial charge in [0.1, 0.15) is 11.5 Å². The molecule has 1 aromatic carbocycles. The number of carbonyl (C=O) groups is 1. The van der Waals surface area contributed by atoms with Gasteiger partial charge in [0.15, 0.2) is 0 Å².